The van der Waals surface area contributed by atoms with Crippen LogP contribution in [0.4, 0.5) is 4.39 Å². The van der Waals surface area contributed by atoms with Crippen molar-refractivity contribution in [2.45, 2.75) is 33.4 Å². The Bertz CT molecular complexity index is 689. The summed E-state index contributed by atoms with van der Waals surface area (Å²) in [5, 5.41) is 12.5. The Labute approximate surface area is 142 Å². The first kappa shape index (κ1) is 18.4. The quantitative estimate of drug-likeness (QED) is 0.817. The van der Waals surface area contributed by atoms with E-state index in [0.717, 1.165) is 16.9 Å². The number of aromatic nitrogens is 1. The van der Waals surface area contributed by atoms with Gasteiger partial charge in [0.2, 0.25) is 0 Å². The van der Waals surface area contributed by atoms with Crippen molar-refractivity contribution in [1.82, 2.24) is 10.3 Å². The summed E-state index contributed by atoms with van der Waals surface area (Å²) in [6, 6.07) is 8.79. The van der Waals surface area contributed by atoms with Crippen molar-refractivity contribution in [3.05, 3.63) is 47.4 Å². The predicted octanol–water partition coefficient (Wildman–Crippen LogP) is 3.31. The Morgan fingerprint density at radius 3 is 2.58 bits per heavy atom. The molecule has 0 spiro atoms. The standard InChI is InChI=1S/C19H25FN2O2/c1-12(2)18(11-23)21-10-17-15(20)6-7-16(22-17)14-5-8-19(24-4)13(3)9-14/h5-9,12,18,21,23H,10-11H2,1-4H3/t18-/m0/s1. The average molecular weight is 332 g/mol. The van der Waals surface area contributed by atoms with Crippen LogP contribution in [0.25, 0.3) is 11.3 Å². The van der Waals surface area contributed by atoms with E-state index in [1.54, 1.807) is 13.2 Å². The lowest BCUT2D eigenvalue weighted by atomic mass is 10.1. The van der Waals surface area contributed by atoms with Gasteiger partial charge in [-0.1, -0.05) is 13.8 Å². The molecule has 0 unspecified atom stereocenters. The van der Waals surface area contributed by atoms with Crippen LogP contribution < -0.4 is 10.1 Å². The number of aryl methyl sites for hydroxylation is 1. The van der Waals surface area contributed by atoms with Crippen LogP contribution in [0.3, 0.4) is 0 Å². The molecule has 130 valence electrons. The topological polar surface area (TPSA) is 54.4 Å². The van der Waals surface area contributed by atoms with Crippen LogP contribution in [-0.2, 0) is 6.54 Å². The van der Waals surface area contributed by atoms with E-state index >= 15 is 0 Å². The van der Waals surface area contributed by atoms with Gasteiger partial charge in [0, 0.05) is 18.2 Å². The zero-order valence-electron chi connectivity index (χ0n) is 14.6. The van der Waals surface area contributed by atoms with Gasteiger partial charge in [-0.15, -0.1) is 0 Å². The number of nitrogens with zero attached hydrogens (tertiary/aromatic N) is 1. The van der Waals surface area contributed by atoms with Crippen molar-refractivity contribution in [2.75, 3.05) is 13.7 Å². The molecule has 1 heterocycles. The molecule has 1 aromatic heterocycles. The number of hydrogen-bond donors (Lipinski definition) is 2. The monoisotopic (exact) mass is 332 g/mol. The number of methoxy groups -OCH3 is 1. The average Bonchev–Trinajstić information content (AvgIpc) is 2.56. The van der Waals surface area contributed by atoms with E-state index in [1.165, 1.54) is 6.07 Å². The van der Waals surface area contributed by atoms with E-state index in [9.17, 15) is 9.50 Å². The number of hydrogen-bond acceptors (Lipinski definition) is 4. The highest BCUT2D eigenvalue weighted by molar-refractivity contribution is 5.62. The minimum atomic E-state index is -0.350. The number of aliphatic hydroxyl groups is 1. The van der Waals surface area contributed by atoms with Crippen LogP contribution in [0.1, 0.15) is 25.1 Å². The van der Waals surface area contributed by atoms with Crippen LogP contribution in [0.15, 0.2) is 30.3 Å². The molecule has 4 nitrogen and oxygen atoms in total. The normalized spacial score (nSPS) is 12.5. The lowest BCUT2D eigenvalue weighted by Crippen LogP contribution is -2.36. The molecule has 0 amide bonds. The fourth-order valence-corrected chi connectivity index (χ4v) is 2.55. The van der Waals surface area contributed by atoms with E-state index in [4.69, 9.17) is 4.74 Å². The van der Waals surface area contributed by atoms with Gasteiger partial charge in [-0.05, 0) is 48.7 Å². The molecule has 0 saturated carbocycles. The number of nitrogens with one attached hydrogen (secondary N) is 1. The highest BCUT2D eigenvalue weighted by atomic mass is 19.1. The minimum Gasteiger partial charge on any atom is -0.496 e. The molecule has 0 aliphatic rings. The Hall–Kier alpha value is -1.98. The van der Waals surface area contributed by atoms with Crippen LogP contribution >= 0.6 is 0 Å². The van der Waals surface area contributed by atoms with Gasteiger partial charge in [-0.2, -0.15) is 0 Å². The van der Waals surface area contributed by atoms with E-state index in [1.807, 2.05) is 39.0 Å². The fraction of sp³-hybridized carbons (Fsp3) is 0.421. The SMILES string of the molecule is COc1ccc(-c2ccc(F)c(CN[C@@H](CO)C(C)C)n2)cc1C. The molecule has 0 bridgehead atoms. The van der Waals surface area contributed by atoms with Crippen LogP contribution in [0.5, 0.6) is 5.75 Å². The first-order valence-electron chi connectivity index (χ1n) is 8.11. The summed E-state index contributed by atoms with van der Waals surface area (Å²) in [6.07, 6.45) is 0. The van der Waals surface area contributed by atoms with Gasteiger partial charge in [0.25, 0.3) is 0 Å². The van der Waals surface area contributed by atoms with Crippen LogP contribution in [0.2, 0.25) is 0 Å². The van der Waals surface area contributed by atoms with E-state index < -0.39 is 0 Å². The Kier molecular flexibility index (Phi) is 6.29. The zero-order valence-corrected chi connectivity index (χ0v) is 14.6. The highest BCUT2D eigenvalue weighted by Crippen LogP contribution is 2.25. The number of benzene rings is 1. The minimum absolute atomic E-state index is 0.0106. The van der Waals surface area contributed by atoms with Crippen molar-refractivity contribution >= 4 is 0 Å². The summed E-state index contributed by atoms with van der Waals surface area (Å²) in [7, 11) is 1.63. The fourth-order valence-electron chi connectivity index (χ4n) is 2.55. The number of rotatable bonds is 7. The lowest BCUT2D eigenvalue weighted by molar-refractivity contribution is 0.209. The Morgan fingerprint density at radius 2 is 2.00 bits per heavy atom. The number of pyridine rings is 1. The Morgan fingerprint density at radius 1 is 1.25 bits per heavy atom. The first-order valence-corrected chi connectivity index (χ1v) is 8.11. The molecule has 0 aliphatic carbocycles. The molecule has 2 N–H and O–H groups in total. The maximum atomic E-state index is 14.1. The molecule has 0 saturated heterocycles. The van der Waals surface area contributed by atoms with Crippen LogP contribution in [0, 0.1) is 18.7 Å². The molecule has 24 heavy (non-hydrogen) atoms. The second-order valence-corrected chi connectivity index (χ2v) is 6.22. The van der Waals surface area contributed by atoms with Crippen molar-refractivity contribution in [1.29, 1.82) is 0 Å². The third kappa shape index (κ3) is 4.30. The predicted molar refractivity (Wildman–Crippen MR) is 93.5 cm³/mol. The van der Waals surface area contributed by atoms with Gasteiger partial charge in [0.05, 0.1) is 25.1 Å². The molecule has 2 rings (SSSR count). The third-order valence-electron chi connectivity index (χ3n) is 4.14. The summed E-state index contributed by atoms with van der Waals surface area (Å²) >= 11 is 0. The van der Waals surface area contributed by atoms with Crippen molar-refractivity contribution in [3.63, 3.8) is 0 Å². The number of ether oxygens (including phenoxy) is 1. The summed E-state index contributed by atoms with van der Waals surface area (Å²) in [5.74, 6) is 0.716. The molecule has 0 aliphatic heterocycles. The smallest absolute Gasteiger partial charge is 0.146 e. The summed E-state index contributed by atoms with van der Waals surface area (Å²) in [4.78, 5) is 4.44. The van der Waals surface area contributed by atoms with Gasteiger partial charge in [0.15, 0.2) is 0 Å². The van der Waals surface area contributed by atoms with Crippen molar-refractivity contribution in [2.24, 2.45) is 5.92 Å². The molecule has 1 aromatic carbocycles. The molecule has 1 atom stereocenters. The van der Waals surface area contributed by atoms with Gasteiger partial charge in [-0.3, -0.25) is 0 Å². The highest BCUT2D eigenvalue weighted by Gasteiger charge is 2.14. The maximum absolute atomic E-state index is 14.1. The first-order chi connectivity index (χ1) is 11.5. The van der Waals surface area contributed by atoms with Crippen LogP contribution in [-0.4, -0.2) is 29.8 Å². The van der Waals surface area contributed by atoms with Crippen molar-refractivity contribution in [3.8, 4) is 17.0 Å². The summed E-state index contributed by atoms with van der Waals surface area (Å²) < 4.78 is 19.3. The van der Waals surface area contributed by atoms with Gasteiger partial charge < -0.3 is 15.2 Å². The van der Waals surface area contributed by atoms with Gasteiger partial charge in [0.1, 0.15) is 11.6 Å². The lowest BCUT2D eigenvalue weighted by Gasteiger charge is -2.20. The third-order valence-corrected chi connectivity index (χ3v) is 4.14. The second kappa shape index (κ2) is 8.22. The summed E-state index contributed by atoms with van der Waals surface area (Å²) in [6.45, 7) is 6.26. The molecular formula is C19H25FN2O2. The molecule has 0 fully saturated rings. The number of halogens is 1. The molecule has 2 aromatic rings. The van der Waals surface area contributed by atoms with Crippen molar-refractivity contribution < 1.29 is 14.2 Å². The van der Waals surface area contributed by atoms with Gasteiger partial charge >= 0.3 is 0 Å². The molecular weight excluding hydrogens is 307 g/mol. The molecule has 0 radical (unpaired) electrons. The zero-order chi connectivity index (χ0) is 17.7. The largest absolute Gasteiger partial charge is 0.496 e. The maximum Gasteiger partial charge on any atom is 0.146 e. The van der Waals surface area contributed by atoms with E-state index in [0.29, 0.717) is 11.4 Å². The van der Waals surface area contributed by atoms with Gasteiger partial charge in [-0.25, -0.2) is 9.37 Å². The second-order valence-electron chi connectivity index (χ2n) is 6.22. The Balaban J connectivity index is 2.23. The molecule has 5 heteroatoms. The number of aliphatic hydroxyl groups excluding tert-OH is 1. The van der Waals surface area contributed by atoms with E-state index in [-0.39, 0.29) is 30.9 Å². The van der Waals surface area contributed by atoms with E-state index in [2.05, 4.69) is 10.3 Å². The summed E-state index contributed by atoms with van der Waals surface area (Å²) in [5.41, 5.74) is 2.97.